The summed E-state index contributed by atoms with van der Waals surface area (Å²) in [5, 5.41) is 3.66. The Bertz CT molecular complexity index is 935. The molecule has 5 nitrogen and oxygen atoms in total. The highest BCUT2D eigenvalue weighted by Gasteiger charge is 2.14. The van der Waals surface area contributed by atoms with Crippen molar-refractivity contribution in [2.45, 2.75) is 31.8 Å². The van der Waals surface area contributed by atoms with E-state index in [1.165, 1.54) is 16.4 Å². The van der Waals surface area contributed by atoms with Gasteiger partial charge in [0, 0.05) is 11.3 Å². The number of imidazole rings is 1. The second-order valence-electron chi connectivity index (χ2n) is 6.71. The standard InChI is InChI=1S/C21H24N4OS/c1-14(2)17-11-7-8-15(3)20(17)24-19(26)13-27-21-23-18(12-25(21)22)16-9-5-4-6-10-16/h4-12,14H,13,22H2,1-3H3,(H,24,26). The van der Waals surface area contributed by atoms with Crippen molar-refractivity contribution >= 4 is 23.4 Å². The number of aryl methyl sites for hydroxylation is 1. The Kier molecular flexibility index (Phi) is 5.86. The number of amides is 1. The number of aromatic nitrogens is 2. The van der Waals surface area contributed by atoms with Crippen LogP contribution in [-0.2, 0) is 4.79 Å². The van der Waals surface area contributed by atoms with Gasteiger partial charge < -0.3 is 11.2 Å². The number of hydrogen-bond acceptors (Lipinski definition) is 4. The zero-order chi connectivity index (χ0) is 19.4. The molecule has 0 bridgehead atoms. The SMILES string of the molecule is Cc1cccc(C(C)C)c1NC(=O)CSc1nc(-c2ccccc2)cn1N. The zero-order valence-electron chi connectivity index (χ0n) is 15.8. The molecule has 1 heterocycles. The minimum Gasteiger partial charge on any atom is -0.337 e. The van der Waals surface area contributed by atoms with Crippen molar-refractivity contribution in [3.8, 4) is 11.3 Å². The van der Waals surface area contributed by atoms with Crippen molar-refractivity contribution in [2.24, 2.45) is 0 Å². The number of para-hydroxylation sites is 1. The summed E-state index contributed by atoms with van der Waals surface area (Å²) in [6, 6.07) is 15.9. The Hall–Kier alpha value is -2.73. The fourth-order valence-corrected chi connectivity index (χ4v) is 3.58. The van der Waals surface area contributed by atoms with Gasteiger partial charge >= 0.3 is 0 Å². The first-order chi connectivity index (χ1) is 13.0. The number of nitrogens with two attached hydrogens (primary N) is 1. The van der Waals surface area contributed by atoms with E-state index in [2.05, 4.69) is 30.2 Å². The van der Waals surface area contributed by atoms with E-state index in [9.17, 15) is 4.79 Å². The van der Waals surface area contributed by atoms with Crippen molar-refractivity contribution in [1.29, 1.82) is 0 Å². The summed E-state index contributed by atoms with van der Waals surface area (Å²) in [6.45, 7) is 6.25. The molecule has 0 spiro atoms. The first-order valence-corrected chi connectivity index (χ1v) is 9.86. The third-order valence-electron chi connectivity index (χ3n) is 4.29. The Morgan fingerprint density at radius 3 is 2.63 bits per heavy atom. The Morgan fingerprint density at radius 1 is 1.19 bits per heavy atom. The summed E-state index contributed by atoms with van der Waals surface area (Å²) < 4.78 is 1.47. The van der Waals surface area contributed by atoms with Gasteiger partial charge in [0.05, 0.1) is 17.6 Å². The maximum atomic E-state index is 12.5. The molecule has 140 valence electrons. The molecule has 6 heteroatoms. The van der Waals surface area contributed by atoms with Gasteiger partial charge in [-0.15, -0.1) is 0 Å². The molecule has 0 aliphatic rings. The minimum absolute atomic E-state index is 0.0690. The van der Waals surface area contributed by atoms with Crippen LogP contribution in [0.4, 0.5) is 5.69 Å². The lowest BCUT2D eigenvalue weighted by atomic mass is 9.98. The summed E-state index contributed by atoms with van der Waals surface area (Å²) in [6.07, 6.45) is 1.77. The predicted octanol–water partition coefficient (Wildman–Crippen LogP) is 4.43. The monoisotopic (exact) mass is 380 g/mol. The molecule has 27 heavy (non-hydrogen) atoms. The van der Waals surface area contributed by atoms with Gasteiger partial charge in [0.2, 0.25) is 5.91 Å². The summed E-state index contributed by atoms with van der Waals surface area (Å²) in [7, 11) is 0. The quantitative estimate of drug-likeness (QED) is 0.490. The molecule has 0 atom stereocenters. The predicted molar refractivity (Wildman–Crippen MR) is 112 cm³/mol. The maximum absolute atomic E-state index is 12.5. The maximum Gasteiger partial charge on any atom is 0.234 e. The number of carbonyl (C=O) groups is 1. The molecular formula is C21H24N4OS. The molecule has 3 aromatic rings. The number of nitrogens with zero attached hydrogens (tertiary/aromatic N) is 2. The largest absolute Gasteiger partial charge is 0.337 e. The molecule has 0 saturated carbocycles. The first-order valence-electron chi connectivity index (χ1n) is 8.87. The van der Waals surface area contributed by atoms with E-state index >= 15 is 0 Å². The van der Waals surface area contributed by atoms with E-state index in [0.717, 1.165) is 28.1 Å². The molecule has 2 aromatic carbocycles. The summed E-state index contributed by atoms with van der Waals surface area (Å²) in [4.78, 5) is 17.0. The van der Waals surface area contributed by atoms with Gasteiger partial charge in [-0.1, -0.05) is 74.1 Å². The van der Waals surface area contributed by atoms with Gasteiger partial charge in [0.25, 0.3) is 0 Å². The zero-order valence-corrected chi connectivity index (χ0v) is 16.6. The van der Waals surface area contributed by atoms with Crippen LogP contribution in [0.25, 0.3) is 11.3 Å². The van der Waals surface area contributed by atoms with Crippen LogP contribution in [0.15, 0.2) is 59.9 Å². The van der Waals surface area contributed by atoms with Crippen LogP contribution in [0.3, 0.4) is 0 Å². The topological polar surface area (TPSA) is 72.9 Å². The molecule has 0 saturated heterocycles. The van der Waals surface area contributed by atoms with Crippen LogP contribution in [0, 0.1) is 6.92 Å². The first kappa shape index (κ1) is 19.0. The van der Waals surface area contributed by atoms with Gasteiger partial charge in [0.15, 0.2) is 5.16 Å². The third kappa shape index (κ3) is 4.52. The van der Waals surface area contributed by atoms with Crippen LogP contribution in [0.5, 0.6) is 0 Å². The van der Waals surface area contributed by atoms with Crippen molar-refractivity contribution in [2.75, 3.05) is 16.9 Å². The molecule has 1 aromatic heterocycles. The lowest BCUT2D eigenvalue weighted by molar-refractivity contribution is -0.113. The van der Waals surface area contributed by atoms with Crippen LogP contribution in [-0.4, -0.2) is 21.3 Å². The molecule has 0 aliphatic heterocycles. The van der Waals surface area contributed by atoms with Crippen LogP contribution >= 0.6 is 11.8 Å². The molecular weight excluding hydrogens is 356 g/mol. The van der Waals surface area contributed by atoms with Crippen LogP contribution < -0.4 is 11.2 Å². The molecule has 1 amide bonds. The van der Waals surface area contributed by atoms with Gasteiger partial charge in [-0.05, 0) is 24.0 Å². The lowest BCUT2D eigenvalue weighted by Crippen LogP contribution is -2.17. The Labute approximate surface area is 164 Å². The molecule has 0 aliphatic carbocycles. The number of benzene rings is 2. The Morgan fingerprint density at radius 2 is 1.93 bits per heavy atom. The molecule has 0 radical (unpaired) electrons. The summed E-state index contributed by atoms with van der Waals surface area (Å²) >= 11 is 1.32. The molecule has 3 N–H and O–H groups in total. The van der Waals surface area contributed by atoms with Crippen molar-refractivity contribution in [1.82, 2.24) is 9.66 Å². The normalized spacial score (nSPS) is 11.0. The van der Waals surface area contributed by atoms with Crippen LogP contribution in [0.2, 0.25) is 0 Å². The average molecular weight is 381 g/mol. The van der Waals surface area contributed by atoms with E-state index in [0.29, 0.717) is 11.1 Å². The molecule has 3 rings (SSSR count). The number of hydrogen-bond donors (Lipinski definition) is 2. The molecule has 0 fully saturated rings. The van der Waals surface area contributed by atoms with E-state index < -0.39 is 0 Å². The Balaban J connectivity index is 1.68. The highest BCUT2D eigenvalue weighted by atomic mass is 32.2. The number of carbonyl (C=O) groups excluding carboxylic acids is 1. The van der Waals surface area contributed by atoms with E-state index in [4.69, 9.17) is 5.84 Å². The third-order valence-corrected chi connectivity index (χ3v) is 5.26. The number of rotatable bonds is 6. The van der Waals surface area contributed by atoms with E-state index in [-0.39, 0.29) is 11.7 Å². The van der Waals surface area contributed by atoms with Crippen molar-refractivity contribution in [3.05, 3.63) is 65.9 Å². The van der Waals surface area contributed by atoms with Crippen molar-refractivity contribution in [3.63, 3.8) is 0 Å². The average Bonchev–Trinajstić information content (AvgIpc) is 3.03. The minimum atomic E-state index is -0.0690. The van der Waals surface area contributed by atoms with Crippen molar-refractivity contribution < 1.29 is 4.79 Å². The number of anilines is 1. The van der Waals surface area contributed by atoms with Gasteiger partial charge in [-0.2, -0.15) is 0 Å². The van der Waals surface area contributed by atoms with E-state index in [1.54, 1.807) is 6.20 Å². The highest BCUT2D eigenvalue weighted by Crippen LogP contribution is 2.28. The van der Waals surface area contributed by atoms with Gasteiger partial charge in [-0.25, -0.2) is 9.66 Å². The lowest BCUT2D eigenvalue weighted by Gasteiger charge is -2.16. The van der Waals surface area contributed by atoms with Crippen LogP contribution in [0.1, 0.15) is 30.9 Å². The smallest absolute Gasteiger partial charge is 0.234 e. The number of thioether (sulfide) groups is 1. The fraction of sp³-hybridized carbons (Fsp3) is 0.238. The number of nitrogens with one attached hydrogen (secondary N) is 1. The van der Waals surface area contributed by atoms with E-state index in [1.807, 2.05) is 49.4 Å². The van der Waals surface area contributed by atoms with Gasteiger partial charge in [-0.3, -0.25) is 4.79 Å². The summed E-state index contributed by atoms with van der Waals surface area (Å²) in [5.41, 5.74) is 4.89. The summed E-state index contributed by atoms with van der Waals surface area (Å²) in [5.74, 6) is 6.52. The molecule has 0 unspecified atom stereocenters. The second kappa shape index (κ2) is 8.31. The van der Waals surface area contributed by atoms with Gasteiger partial charge in [0.1, 0.15) is 0 Å². The second-order valence-corrected chi connectivity index (χ2v) is 7.66. The fourth-order valence-electron chi connectivity index (χ4n) is 2.88. The number of nitrogen functional groups attached to an aromatic ring is 1. The highest BCUT2D eigenvalue weighted by molar-refractivity contribution is 7.99.